The van der Waals surface area contributed by atoms with Gasteiger partial charge in [-0.2, -0.15) is 0 Å². The monoisotopic (exact) mass is 380 g/mol. The fraction of sp³-hybridized carbons (Fsp3) is 0.462. The lowest BCUT2D eigenvalue weighted by Crippen LogP contribution is -2.36. The average Bonchev–Trinajstić information content (AvgIpc) is 2.33. The predicted octanol–water partition coefficient (Wildman–Crippen LogP) is 3.14. The van der Waals surface area contributed by atoms with Gasteiger partial charge in [0.2, 0.25) is 5.91 Å². The standard InChI is InChI=1S/C13H17IN2O.ClH/c14-11-6-2-3-7-12(11)15-13(17)10-16-8-4-1-5-9-16;/h2-3,6-7H,1,4-5,8-10H2,(H,15,17);1H. The Hall–Kier alpha value is -0.330. The van der Waals surface area contributed by atoms with Crippen molar-refractivity contribution < 1.29 is 4.79 Å². The molecule has 0 spiro atoms. The van der Waals surface area contributed by atoms with Crippen molar-refractivity contribution >= 4 is 46.6 Å². The van der Waals surface area contributed by atoms with Gasteiger partial charge >= 0.3 is 0 Å². The van der Waals surface area contributed by atoms with Crippen LogP contribution in [0, 0.1) is 3.57 Å². The topological polar surface area (TPSA) is 32.3 Å². The first kappa shape index (κ1) is 15.7. The molecule has 1 aliphatic rings. The van der Waals surface area contributed by atoms with Gasteiger partial charge in [0.25, 0.3) is 0 Å². The van der Waals surface area contributed by atoms with Gasteiger partial charge in [0.15, 0.2) is 0 Å². The number of benzene rings is 1. The van der Waals surface area contributed by atoms with Crippen LogP contribution >= 0.6 is 35.0 Å². The van der Waals surface area contributed by atoms with Crippen LogP contribution in [0.4, 0.5) is 5.69 Å². The van der Waals surface area contributed by atoms with Crippen LogP contribution in [-0.2, 0) is 4.79 Å². The molecule has 1 aromatic carbocycles. The van der Waals surface area contributed by atoms with E-state index in [2.05, 4.69) is 32.8 Å². The fourth-order valence-electron chi connectivity index (χ4n) is 2.07. The summed E-state index contributed by atoms with van der Waals surface area (Å²) in [7, 11) is 0. The molecule has 100 valence electrons. The summed E-state index contributed by atoms with van der Waals surface area (Å²) < 4.78 is 1.08. The van der Waals surface area contributed by atoms with Crippen molar-refractivity contribution in [3.63, 3.8) is 0 Å². The third kappa shape index (κ3) is 4.74. The maximum Gasteiger partial charge on any atom is 0.238 e. The molecule has 0 radical (unpaired) electrons. The summed E-state index contributed by atoms with van der Waals surface area (Å²) in [6, 6.07) is 7.85. The zero-order chi connectivity index (χ0) is 12.1. The molecule has 1 saturated heterocycles. The molecule has 0 bridgehead atoms. The van der Waals surface area contributed by atoms with Gasteiger partial charge in [-0.15, -0.1) is 12.4 Å². The summed E-state index contributed by atoms with van der Waals surface area (Å²) in [4.78, 5) is 14.1. The number of rotatable bonds is 3. The van der Waals surface area contributed by atoms with Crippen LogP contribution in [0.3, 0.4) is 0 Å². The number of carbonyl (C=O) groups is 1. The molecule has 5 heteroatoms. The van der Waals surface area contributed by atoms with Gasteiger partial charge in [0, 0.05) is 3.57 Å². The van der Waals surface area contributed by atoms with Crippen molar-refractivity contribution in [1.82, 2.24) is 4.90 Å². The van der Waals surface area contributed by atoms with E-state index in [-0.39, 0.29) is 18.3 Å². The van der Waals surface area contributed by atoms with Crippen LogP contribution in [0.5, 0.6) is 0 Å². The first-order chi connectivity index (χ1) is 8.25. The molecule has 0 aliphatic carbocycles. The largest absolute Gasteiger partial charge is 0.324 e. The van der Waals surface area contributed by atoms with E-state index >= 15 is 0 Å². The Labute approximate surface area is 128 Å². The van der Waals surface area contributed by atoms with Crippen LogP contribution in [0.15, 0.2) is 24.3 Å². The molecule has 1 aliphatic heterocycles. The number of piperidine rings is 1. The predicted molar refractivity (Wildman–Crippen MR) is 85.3 cm³/mol. The van der Waals surface area contributed by atoms with E-state index in [4.69, 9.17) is 0 Å². The molecular formula is C13H18ClIN2O. The van der Waals surface area contributed by atoms with Crippen LogP contribution < -0.4 is 5.32 Å². The molecule has 0 unspecified atom stereocenters. The maximum atomic E-state index is 11.9. The van der Waals surface area contributed by atoms with Crippen LogP contribution in [-0.4, -0.2) is 30.4 Å². The molecule has 2 rings (SSSR count). The minimum absolute atomic E-state index is 0. The Balaban J connectivity index is 0.00000162. The van der Waals surface area contributed by atoms with Gasteiger partial charge in [-0.1, -0.05) is 18.6 Å². The minimum atomic E-state index is 0. The smallest absolute Gasteiger partial charge is 0.238 e. The summed E-state index contributed by atoms with van der Waals surface area (Å²) >= 11 is 2.24. The molecule has 0 aromatic heterocycles. The van der Waals surface area contributed by atoms with E-state index in [1.165, 1.54) is 19.3 Å². The number of anilines is 1. The zero-order valence-electron chi connectivity index (χ0n) is 10.2. The van der Waals surface area contributed by atoms with Gasteiger partial charge < -0.3 is 5.32 Å². The lowest BCUT2D eigenvalue weighted by molar-refractivity contribution is -0.117. The second-order valence-corrected chi connectivity index (χ2v) is 5.53. The number of hydrogen-bond donors (Lipinski definition) is 1. The second-order valence-electron chi connectivity index (χ2n) is 4.36. The normalized spacial score (nSPS) is 15.8. The molecule has 0 atom stereocenters. The van der Waals surface area contributed by atoms with E-state index in [1.807, 2.05) is 24.3 Å². The summed E-state index contributed by atoms with van der Waals surface area (Å²) in [6.07, 6.45) is 3.74. The van der Waals surface area contributed by atoms with E-state index in [9.17, 15) is 4.79 Å². The second kappa shape index (κ2) is 7.96. The quantitative estimate of drug-likeness (QED) is 0.817. The minimum Gasteiger partial charge on any atom is -0.324 e. The Kier molecular flexibility index (Phi) is 6.96. The lowest BCUT2D eigenvalue weighted by atomic mass is 10.1. The van der Waals surface area contributed by atoms with Crippen molar-refractivity contribution in [2.75, 3.05) is 25.0 Å². The van der Waals surface area contributed by atoms with Gasteiger partial charge in [0.1, 0.15) is 0 Å². The first-order valence-electron chi connectivity index (χ1n) is 6.02. The van der Waals surface area contributed by atoms with Crippen molar-refractivity contribution in [2.45, 2.75) is 19.3 Å². The van der Waals surface area contributed by atoms with E-state index in [0.29, 0.717) is 6.54 Å². The molecule has 0 saturated carbocycles. The molecule has 1 aromatic rings. The number of nitrogens with one attached hydrogen (secondary N) is 1. The van der Waals surface area contributed by atoms with Crippen molar-refractivity contribution in [2.24, 2.45) is 0 Å². The van der Waals surface area contributed by atoms with Crippen LogP contribution in [0.1, 0.15) is 19.3 Å². The third-order valence-electron chi connectivity index (χ3n) is 2.96. The molecular weight excluding hydrogens is 363 g/mol. The lowest BCUT2D eigenvalue weighted by Gasteiger charge is -2.25. The highest BCUT2D eigenvalue weighted by Crippen LogP contribution is 2.17. The van der Waals surface area contributed by atoms with E-state index in [0.717, 1.165) is 22.3 Å². The van der Waals surface area contributed by atoms with E-state index in [1.54, 1.807) is 0 Å². The Bertz CT molecular complexity index is 394. The van der Waals surface area contributed by atoms with Crippen molar-refractivity contribution in [1.29, 1.82) is 0 Å². The van der Waals surface area contributed by atoms with Gasteiger partial charge in [-0.3, -0.25) is 9.69 Å². The maximum absolute atomic E-state index is 11.9. The fourth-order valence-corrected chi connectivity index (χ4v) is 2.60. The number of amides is 1. The van der Waals surface area contributed by atoms with Crippen LogP contribution in [0.2, 0.25) is 0 Å². The molecule has 1 N–H and O–H groups in total. The number of likely N-dealkylation sites (tertiary alicyclic amines) is 1. The number of nitrogens with zero attached hydrogens (tertiary/aromatic N) is 1. The van der Waals surface area contributed by atoms with Crippen molar-refractivity contribution in [3.8, 4) is 0 Å². The SMILES string of the molecule is Cl.O=C(CN1CCCCC1)Nc1ccccc1I. The Morgan fingerprint density at radius 1 is 1.22 bits per heavy atom. The van der Waals surface area contributed by atoms with Crippen LogP contribution in [0.25, 0.3) is 0 Å². The number of hydrogen-bond acceptors (Lipinski definition) is 2. The summed E-state index contributed by atoms with van der Waals surface area (Å²) in [6.45, 7) is 2.63. The zero-order valence-corrected chi connectivity index (χ0v) is 13.2. The molecule has 3 nitrogen and oxygen atoms in total. The number of para-hydroxylation sites is 1. The third-order valence-corrected chi connectivity index (χ3v) is 3.90. The average molecular weight is 381 g/mol. The van der Waals surface area contributed by atoms with Crippen molar-refractivity contribution in [3.05, 3.63) is 27.8 Å². The highest BCUT2D eigenvalue weighted by Gasteiger charge is 2.14. The van der Waals surface area contributed by atoms with Gasteiger partial charge in [-0.05, 0) is 60.7 Å². The molecule has 1 amide bonds. The highest BCUT2D eigenvalue weighted by molar-refractivity contribution is 14.1. The van der Waals surface area contributed by atoms with E-state index < -0.39 is 0 Å². The van der Waals surface area contributed by atoms with Gasteiger partial charge in [0.05, 0.1) is 12.2 Å². The molecule has 1 heterocycles. The first-order valence-corrected chi connectivity index (χ1v) is 7.10. The summed E-state index contributed by atoms with van der Waals surface area (Å²) in [5.41, 5.74) is 0.912. The Morgan fingerprint density at radius 2 is 1.89 bits per heavy atom. The highest BCUT2D eigenvalue weighted by atomic mass is 127. The summed E-state index contributed by atoms with van der Waals surface area (Å²) in [5.74, 6) is 0.0935. The molecule has 1 fully saturated rings. The number of halogens is 2. The summed E-state index contributed by atoms with van der Waals surface area (Å²) in [5, 5.41) is 2.97. The number of carbonyl (C=O) groups excluding carboxylic acids is 1. The Morgan fingerprint density at radius 3 is 2.56 bits per heavy atom. The van der Waals surface area contributed by atoms with Gasteiger partial charge in [-0.25, -0.2) is 0 Å². The molecule has 18 heavy (non-hydrogen) atoms.